The molecule has 2 unspecified atom stereocenters. The van der Waals surface area contributed by atoms with Crippen LogP contribution in [0.2, 0.25) is 0 Å². The van der Waals surface area contributed by atoms with Crippen LogP contribution in [-0.4, -0.2) is 68.4 Å². The fourth-order valence-corrected chi connectivity index (χ4v) is 8.17. The normalized spacial score (nSPS) is 25.8. The van der Waals surface area contributed by atoms with Crippen molar-refractivity contribution in [3.63, 3.8) is 0 Å². The number of nitriles is 1. The molecule has 0 saturated carbocycles. The fourth-order valence-electron chi connectivity index (χ4n) is 5.27. The predicted octanol–water partition coefficient (Wildman–Crippen LogP) is 2.57. The Labute approximate surface area is 201 Å². The number of fused-ring (bicyclic) bond motifs is 3. The van der Waals surface area contributed by atoms with Crippen molar-refractivity contribution in [2.75, 3.05) is 23.7 Å². The molecular weight excluding hydrogens is 474 g/mol. The zero-order valence-electron chi connectivity index (χ0n) is 18.6. The average Bonchev–Trinajstić information content (AvgIpc) is 3.46. The van der Waals surface area contributed by atoms with Crippen LogP contribution < -0.4 is 10.6 Å². The van der Waals surface area contributed by atoms with Gasteiger partial charge in [-0.25, -0.2) is 4.98 Å². The van der Waals surface area contributed by atoms with Gasteiger partial charge in [0.1, 0.15) is 10.6 Å². The Balaban J connectivity index is 1.19. The summed E-state index contributed by atoms with van der Waals surface area (Å²) in [6.07, 6.45) is 3.12. The molecule has 0 amide bonds. The highest BCUT2D eigenvalue weighted by molar-refractivity contribution is 7.86. The summed E-state index contributed by atoms with van der Waals surface area (Å²) in [4.78, 5) is 10.3. The first-order valence-electron chi connectivity index (χ1n) is 11.4. The Hall–Kier alpha value is -2.79. The minimum atomic E-state index is -3.52. The average molecular weight is 500 g/mol. The van der Waals surface area contributed by atoms with Crippen LogP contribution in [0, 0.1) is 24.2 Å². The van der Waals surface area contributed by atoms with Gasteiger partial charge in [-0.05, 0) is 44.1 Å². The zero-order valence-corrected chi connectivity index (χ0v) is 20.2. The Bertz CT molecular complexity index is 1360. The minimum Gasteiger partial charge on any atom is -0.351 e. The Morgan fingerprint density at radius 3 is 2.68 bits per heavy atom. The van der Waals surface area contributed by atoms with E-state index >= 15 is 0 Å². The molecule has 11 nitrogen and oxygen atoms in total. The lowest BCUT2D eigenvalue weighted by Crippen LogP contribution is -2.59. The number of nitrogens with zero attached hydrogens (tertiary/aromatic N) is 6. The van der Waals surface area contributed by atoms with Crippen molar-refractivity contribution in [3.05, 3.63) is 23.2 Å². The summed E-state index contributed by atoms with van der Waals surface area (Å²) >= 11 is 1.55. The number of piperidine rings is 1. The van der Waals surface area contributed by atoms with Crippen molar-refractivity contribution in [2.24, 2.45) is 5.92 Å². The lowest BCUT2D eigenvalue weighted by molar-refractivity contribution is 0.182. The van der Waals surface area contributed by atoms with Gasteiger partial charge in [0.2, 0.25) is 5.95 Å². The van der Waals surface area contributed by atoms with Gasteiger partial charge in [-0.2, -0.15) is 32.4 Å². The van der Waals surface area contributed by atoms with Crippen LogP contribution >= 0.6 is 11.3 Å². The molecule has 3 saturated heterocycles. The van der Waals surface area contributed by atoms with Crippen LogP contribution in [0.4, 0.5) is 17.6 Å². The third-order valence-corrected chi connectivity index (χ3v) is 9.79. The van der Waals surface area contributed by atoms with Gasteiger partial charge < -0.3 is 10.6 Å². The molecule has 0 radical (unpaired) electrons. The smallest absolute Gasteiger partial charge is 0.282 e. The van der Waals surface area contributed by atoms with Crippen molar-refractivity contribution in [2.45, 2.75) is 50.7 Å². The van der Waals surface area contributed by atoms with Gasteiger partial charge in [-0.1, -0.05) is 0 Å². The molecule has 3 aliphatic heterocycles. The van der Waals surface area contributed by atoms with E-state index in [1.54, 1.807) is 15.6 Å². The molecule has 3 atom stereocenters. The maximum Gasteiger partial charge on any atom is 0.282 e. The van der Waals surface area contributed by atoms with Gasteiger partial charge >= 0.3 is 0 Å². The highest BCUT2D eigenvalue weighted by Crippen LogP contribution is 2.41. The third-order valence-electron chi connectivity index (χ3n) is 6.90. The van der Waals surface area contributed by atoms with E-state index in [1.165, 1.54) is 4.31 Å². The van der Waals surface area contributed by atoms with E-state index in [0.29, 0.717) is 43.5 Å². The SMILES string of the molecule is Cc1cc(Nc2nc(NC3CC4CC[C@@H](C3)N4S(=O)(=O)N3CC(C#N)C3)nc3sccc23)n[nH]1. The molecule has 34 heavy (non-hydrogen) atoms. The van der Waals surface area contributed by atoms with Gasteiger partial charge in [0.15, 0.2) is 5.82 Å². The van der Waals surface area contributed by atoms with Crippen LogP contribution in [0.25, 0.3) is 10.2 Å². The molecule has 3 aromatic heterocycles. The number of aryl methyl sites for hydroxylation is 1. The summed E-state index contributed by atoms with van der Waals surface area (Å²) in [7, 11) is -3.52. The summed E-state index contributed by atoms with van der Waals surface area (Å²) < 4.78 is 29.5. The molecule has 0 aromatic carbocycles. The summed E-state index contributed by atoms with van der Waals surface area (Å²) in [6.45, 7) is 2.54. The number of thiophene rings is 1. The zero-order chi connectivity index (χ0) is 23.4. The van der Waals surface area contributed by atoms with Crippen molar-refractivity contribution >= 4 is 49.3 Å². The second kappa shape index (κ2) is 8.16. The van der Waals surface area contributed by atoms with Crippen molar-refractivity contribution < 1.29 is 8.42 Å². The monoisotopic (exact) mass is 499 g/mol. The summed E-state index contributed by atoms with van der Waals surface area (Å²) in [5.74, 6) is 1.72. The summed E-state index contributed by atoms with van der Waals surface area (Å²) in [5.41, 5.74) is 0.954. The lowest BCUT2D eigenvalue weighted by atomic mass is 10.00. The summed E-state index contributed by atoms with van der Waals surface area (Å²) in [5, 5.41) is 25.9. The van der Waals surface area contributed by atoms with Gasteiger partial charge in [0.05, 0.1) is 17.4 Å². The first-order valence-corrected chi connectivity index (χ1v) is 13.7. The predicted molar refractivity (Wildman–Crippen MR) is 129 cm³/mol. The molecule has 6 rings (SSSR count). The Kier molecular flexibility index (Phi) is 5.21. The molecule has 178 valence electrons. The van der Waals surface area contributed by atoms with Gasteiger partial charge in [0.25, 0.3) is 10.2 Å². The second-order valence-corrected chi connectivity index (χ2v) is 12.0. The van der Waals surface area contributed by atoms with Crippen LogP contribution in [0.15, 0.2) is 17.5 Å². The second-order valence-electron chi connectivity index (χ2n) is 9.27. The van der Waals surface area contributed by atoms with Crippen molar-refractivity contribution in [3.8, 4) is 6.07 Å². The van der Waals surface area contributed by atoms with Crippen LogP contribution in [0.1, 0.15) is 31.4 Å². The number of aromatic amines is 1. The fraction of sp³-hybridized carbons (Fsp3) is 0.524. The molecule has 13 heteroatoms. The molecule has 3 N–H and O–H groups in total. The number of hydrogen-bond acceptors (Lipinski definition) is 9. The first-order chi connectivity index (χ1) is 16.4. The number of H-pyrrole nitrogens is 1. The Morgan fingerprint density at radius 2 is 2.00 bits per heavy atom. The van der Waals surface area contributed by atoms with Gasteiger partial charge in [-0.3, -0.25) is 5.10 Å². The molecule has 3 aliphatic rings. The maximum absolute atomic E-state index is 13.2. The topological polar surface area (TPSA) is 143 Å². The quantitative estimate of drug-likeness (QED) is 0.470. The van der Waals surface area contributed by atoms with Gasteiger partial charge in [-0.15, -0.1) is 11.3 Å². The third kappa shape index (κ3) is 3.70. The van der Waals surface area contributed by atoms with Crippen LogP contribution in [0.3, 0.4) is 0 Å². The molecule has 0 aliphatic carbocycles. The Morgan fingerprint density at radius 1 is 1.24 bits per heavy atom. The van der Waals surface area contributed by atoms with E-state index in [-0.39, 0.29) is 24.0 Å². The molecule has 3 aromatic rings. The molecule has 2 bridgehead atoms. The molecule has 0 spiro atoms. The highest BCUT2D eigenvalue weighted by Gasteiger charge is 2.51. The molecule has 6 heterocycles. The van der Waals surface area contributed by atoms with Crippen molar-refractivity contribution in [1.82, 2.24) is 28.8 Å². The van der Waals surface area contributed by atoms with E-state index < -0.39 is 10.2 Å². The van der Waals surface area contributed by atoms with E-state index in [2.05, 4.69) is 26.9 Å². The number of nitrogens with one attached hydrogen (secondary N) is 3. The number of aromatic nitrogens is 4. The van der Waals surface area contributed by atoms with Crippen LogP contribution in [-0.2, 0) is 10.2 Å². The maximum atomic E-state index is 13.2. The molecule has 3 fully saturated rings. The summed E-state index contributed by atoms with van der Waals surface area (Å²) in [6, 6.07) is 6.05. The lowest BCUT2D eigenvalue weighted by Gasteiger charge is -2.43. The standard InChI is InChI=1S/C21H25N9O2S2/c1-12-6-18(28-27-12)24-19-17-4-5-33-20(17)26-21(25-19)23-14-7-15-2-3-16(8-14)30(15)34(31,32)29-10-13(9-22)11-29/h4-6,13-16H,2-3,7-8,10-11H2,1H3,(H3,23,24,25,26,27,28)/t14?,15-,16?/m0/s1. The highest BCUT2D eigenvalue weighted by atomic mass is 32.2. The largest absolute Gasteiger partial charge is 0.351 e. The van der Waals surface area contributed by atoms with Gasteiger partial charge in [0, 0.05) is 43.0 Å². The number of rotatable bonds is 6. The number of hydrogen-bond donors (Lipinski definition) is 3. The van der Waals surface area contributed by atoms with E-state index in [0.717, 1.165) is 28.8 Å². The van der Waals surface area contributed by atoms with E-state index in [9.17, 15) is 8.42 Å². The van der Waals surface area contributed by atoms with E-state index in [1.807, 2.05) is 24.4 Å². The first kappa shape index (κ1) is 21.7. The number of anilines is 3. The van der Waals surface area contributed by atoms with Crippen LogP contribution in [0.5, 0.6) is 0 Å². The van der Waals surface area contributed by atoms with Crippen molar-refractivity contribution in [1.29, 1.82) is 5.26 Å². The molecular formula is C21H25N9O2S2. The minimum absolute atomic E-state index is 0.0440. The van der Waals surface area contributed by atoms with E-state index in [4.69, 9.17) is 15.2 Å².